The molecule has 6 rings (SSSR count). The van der Waals surface area contributed by atoms with Gasteiger partial charge >= 0.3 is 0 Å². The van der Waals surface area contributed by atoms with Gasteiger partial charge in [-0.05, 0) is 79.8 Å². The lowest BCUT2D eigenvalue weighted by molar-refractivity contribution is 0.619. The van der Waals surface area contributed by atoms with Gasteiger partial charge < -0.3 is 15.2 Å². The minimum atomic E-state index is -0.260. The quantitative estimate of drug-likeness (QED) is 0.216. The van der Waals surface area contributed by atoms with E-state index in [-0.39, 0.29) is 5.82 Å². The largest absolute Gasteiger partial charge is 0.378 e. The first-order valence-corrected chi connectivity index (χ1v) is 13.5. The van der Waals surface area contributed by atoms with Crippen molar-refractivity contribution in [1.29, 1.82) is 0 Å². The molecule has 5 aromatic rings. The molecule has 0 saturated heterocycles. The van der Waals surface area contributed by atoms with Gasteiger partial charge in [-0.2, -0.15) is 5.10 Å². The molecule has 0 amide bonds. The summed E-state index contributed by atoms with van der Waals surface area (Å²) in [6, 6.07) is 22.4. The fraction of sp³-hybridized carbons (Fsp3) is 0.200. The van der Waals surface area contributed by atoms with Gasteiger partial charge in [0.2, 0.25) is 0 Å². The third-order valence-corrected chi connectivity index (χ3v) is 7.65. The number of thiocarbonyl (C=S) groups is 1. The van der Waals surface area contributed by atoms with Crippen LogP contribution in [0.5, 0.6) is 0 Å². The molecule has 2 N–H and O–H groups in total. The van der Waals surface area contributed by atoms with Crippen molar-refractivity contribution in [3.8, 4) is 11.1 Å². The third kappa shape index (κ3) is 4.57. The molecule has 8 heteroatoms. The molecule has 0 fully saturated rings. The second kappa shape index (κ2) is 10.2. The topological polar surface area (TPSA) is 46.3 Å². The molecule has 38 heavy (non-hydrogen) atoms. The SMILES string of the molecule is Cc1ccccc1NC(=S)c1c(-c2ccc(F)cc2)c2c3n(c(CNc4ccc(Cl)cc4)nn13)CCCC2. The molecule has 2 aromatic heterocycles. The van der Waals surface area contributed by atoms with Crippen LogP contribution < -0.4 is 10.6 Å². The van der Waals surface area contributed by atoms with E-state index in [9.17, 15) is 4.39 Å². The Balaban J connectivity index is 1.49. The first kappa shape index (κ1) is 24.6. The van der Waals surface area contributed by atoms with Crippen molar-refractivity contribution < 1.29 is 4.39 Å². The van der Waals surface area contributed by atoms with Gasteiger partial charge in [0.05, 0.1) is 6.54 Å². The first-order valence-electron chi connectivity index (χ1n) is 12.7. The highest BCUT2D eigenvalue weighted by Gasteiger charge is 2.29. The molecule has 0 atom stereocenters. The minimum absolute atomic E-state index is 0.260. The zero-order valence-electron chi connectivity index (χ0n) is 21.0. The highest BCUT2D eigenvalue weighted by molar-refractivity contribution is 7.81. The number of anilines is 2. The molecule has 5 nitrogen and oxygen atoms in total. The fourth-order valence-electron chi connectivity index (χ4n) is 5.22. The maximum atomic E-state index is 13.9. The number of aryl methyl sites for hydroxylation is 3. The molecule has 1 aliphatic rings. The Labute approximate surface area is 231 Å². The van der Waals surface area contributed by atoms with E-state index >= 15 is 0 Å². The number of benzene rings is 3. The van der Waals surface area contributed by atoms with Crippen LogP contribution in [0, 0.1) is 12.7 Å². The number of nitrogens with one attached hydrogen (secondary N) is 2. The van der Waals surface area contributed by atoms with Crippen molar-refractivity contribution in [3.05, 3.63) is 106 Å². The number of hydrogen-bond donors (Lipinski definition) is 2. The van der Waals surface area contributed by atoms with Crippen molar-refractivity contribution in [2.75, 3.05) is 10.6 Å². The van der Waals surface area contributed by atoms with Crippen molar-refractivity contribution in [1.82, 2.24) is 14.2 Å². The van der Waals surface area contributed by atoms with E-state index < -0.39 is 0 Å². The maximum absolute atomic E-state index is 13.9. The van der Waals surface area contributed by atoms with E-state index in [4.69, 9.17) is 28.9 Å². The Morgan fingerprint density at radius 1 is 1.03 bits per heavy atom. The van der Waals surface area contributed by atoms with Gasteiger partial charge in [0.15, 0.2) is 5.82 Å². The number of rotatable bonds is 6. The molecule has 3 heterocycles. The lowest BCUT2D eigenvalue weighted by atomic mass is 9.98. The van der Waals surface area contributed by atoms with Crippen LogP contribution in [-0.4, -0.2) is 19.2 Å². The van der Waals surface area contributed by atoms with Crippen LogP contribution in [-0.2, 0) is 19.5 Å². The molecule has 0 aliphatic carbocycles. The summed E-state index contributed by atoms with van der Waals surface area (Å²) >= 11 is 12.1. The van der Waals surface area contributed by atoms with Gasteiger partial charge in [0.1, 0.15) is 22.1 Å². The molecular weight excluding hydrogens is 517 g/mol. The van der Waals surface area contributed by atoms with E-state index in [1.165, 1.54) is 17.7 Å². The third-order valence-electron chi connectivity index (χ3n) is 7.10. The van der Waals surface area contributed by atoms with E-state index in [2.05, 4.69) is 28.2 Å². The van der Waals surface area contributed by atoms with Crippen LogP contribution in [0.15, 0.2) is 72.8 Å². The van der Waals surface area contributed by atoms with Gasteiger partial charge in [-0.3, -0.25) is 0 Å². The average Bonchev–Trinajstić information content (AvgIpc) is 3.32. The maximum Gasteiger partial charge on any atom is 0.150 e. The summed E-state index contributed by atoms with van der Waals surface area (Å²) in [7, 11) is 0. The second-order valence-corrected chi connectivity index (χ2v) is 10.4. The minimum Gasteiger partial charge on any atom is -0.378 e. The summed E-state index contributed by atoms with van der Waals surface area (Å²) in [5.41, 5.74) is 8.07. The molecule has 0 bridgehead atoms. The summed E-state index contributed by atoms with van der Waals surface area (Å²) in [6.07, 6.45) is 3.01. The zero-order chi connectivity index (χ0) is 26.2. The van der Waals surface area contributed by atoms with Crippen molar-refractivity contribution in [2.24, 2.45) is 0 Å². The molecule has 0 unspecified atom stereocenters. The monoisotopic (exact) mass is 543 g/mol. The molecule has 192 valence electrons. The second-order valence-electron chi connectivity index (χ2n) is 9.60. The van der Waals surface area contributed by atoms with Crippen LogP contribution in [0.25, 0.3) is 16.8 Å². The van der Waals surface area contributed by atoms with Crippen LogP contribution in [0.4, 0.5) is 15.8 Å². The number of aromatic nitrogens is 3. The summed E-state index contributed by atoms with van der Waals surface area (Å²) in [4.78, 5) is 0.585. The molecule has 1 aliphatic heterocycles. The molecule has 0 radical (unpaired) electrons. The van der Waals surface area contributed by atoms with Crippen molar-refractivity contribution in [3.63, 3.8) is 0 Å². The van der Waals surface area contributed by atoms with Crippen molar-refractivity contribution >= 4 is 45.8 Å². The standard InChI is InChI=1S/C30H27ClFN5S/c1-19-6-2-3-8-25(19)34-29(38)28-27(20-9-13-22(32)14-10-20)24-7-4-5-17-36-26(35-37(28)30(24)36)18-33-23-15-11-21(31)12-16-23/h2-3,6,8-16,33H,4-5,7,17-18H2,1H3,(H,34,38). The summed E-state index contributed by atoms with van der Waals surface area (Å²) in [5.74, 6) is 0.674. The van der Waals surface area contributed by atoms with Crippen molar-refractivity contribution in [2.45, 2.75) is 39.3 Å². The van der Waals surface area contributed by atoms with E-state index in [0.29, 0.717) is 16.6 Å². The smallest absolute Gasteiger partial charge is 0.150 e. The Hall–Kier alpha value is -3.68. The van der Waals surface area contributed by atoms with Crippen LogP contribution in [0.3, 0.4) is 0 Å². The van der Waals surface area contributed by atoms with Crippen LogP contribution in [0.2, 0.25) is 5.02 Å². The van der Waals surface area contributed by atoms with E-state index in [1.807, 2.05) is 59.1 Å². The highest BCUT2D eigenvalue weighted by Crippen LogP contribution is 2.37. The first-order chi connectivity index (χ1) is 18.5. The number of para-hydroxylation sites is 1. The Morgan fingerprint density at radius 3 is 2.55 bits per heavy atom. The number of halogens is 2. The van der Waals surface area contributed by atoms with E-state index in [1.54, 1.807) is 0 Å². The fourth-order valence-corrected chi connectivity index (χ4v) is 5.64. The summed E-state index contributed by atoms with van der Waals surface area (Å²) in [5, 5.41) is 12.7. The highest BCUT2D eigenvalue weighted by atomic mass is 35.5. The number of nitrogens with zero attached hydrogens (tertiary/aromatic N) is 3. The van der Waals surface area contributed by atoms with Gasteiger partial charge in [0.25, 0.3) is 0 Å². The normalized spacial score (nSPS) is 12.9. The summed E-state index contributed by atoms with van der Waals surface area (Å²) < 4.78 is 18.2. The summed E-state index contributed by atoms with van der Waals surface area (Å²) in [6.45, 7) is 3.49. The average molecular weight is 544 g/mol. The molecule has 3 aromatic carbocycles. The van der Waals surface area contributed by atoms with Gasteiger partial charge in [0, 0.05) is 34.1 Å². The van der Waals surface area contributed by atoms with Gasteiger partial charge in [-0.15, -0.1) is 0 Å². The molecular formula is C30H27ClFN5S. The molecule has 0 spiro atoms. The van der Waals surface area contributed by atoms with Gasteiger partial charge in [-0.1, -0.05) is 54.2 Å². The zero-order valence-corrected chi connectivity index (χ0v) is 22.5. The van der Waals surface area contributed by atoms with E-state index in [0.717, 1.165) is 71.0 Å². The van der Waals surface area contributed by atoms with Gasteiger partial charge in [-0.25, -0.2) is 8.91 Å². The predicted molar refractivity (Wildman–Crippen MR) is 157 cm³/mol. The van der Waals surface area contributed by atoms with Crippen LogP contribution >= 0.6 is 23.8 Å². The number of hydrogen-bond acceptors (Lipinski definition) is 3. The predicted octanol–water partition coefficient (Wildman–Crippen LogP) is 7.64. The molecule has 0 saturated carbocycles. The Morgan fingerprint density at radius 2 is 1.79 bits per heavy atom. The Kier molecular flexibility index (Phi) is 6.64. The van der Waals surface area contributed by atoms with Crippen LogP contribution in [0.1, 0.15) is 35.5 Å². The Bertz CT molecular complexity index is 1640. The lowest BCUT2D eigenvalue weighted by Crippen LogP contribution is -2.15. The lowest BCUT2D eigenvalue weighted by Gasteiger charge is -2.13.